The van der Waals surface area contributed by atoms with Crippen LogP contribution in [0.25, 0.3) is 0 Å². The lowest BCUT2D eigenvalue weighted by molar-refractivity contribution is -0.145. The van der Waals surface area contributed by atoms with Gasteiger partial charge in [0.1, 0.15) is 5.75 Å². The molecule has 1 rings (SSSR count). The van der Waals surface area contributed by atoms with Crippen molar-refractivity contribution in [3.63, 3.8) is 0 Å². The first-order chi connectivity index (χ1) is 13.5. The van der Waals surface area contributed by atoms with Gasteiger partial charge >= 0.3 is 5.97 Å². The first-order valence-electron chi connectivity index (χ1n) is 10.4. The van der Waals surface area contributed by atoms with Crippen LogP contribution < -0.4 is 4.74 Å². The summed E-state index contributed by atoms with van der Waals surface area (Å²) in [6.07, 6.45) is 12.1. The van der Waals surface area contributed by atoms with Crippen molar-refractivity contribution in [3.05, 3.63) is 21.8 Å². The van der Waals surface area contributed by atoms with Crippen LogP contribution in [0.15, 0.2) is 0 Å². The van der Waals surface area contributed by atoms with E-state index in [1.54, 1.807) is 0 Å². The summed E-state index contributed by atoms with van der Waals surface area (Å²) >= 11 is 7.33. The molecule has 0 fully saturated rings. The summed E-state index contributed by atoms with van der Waals surface area (Å²) in [7, 11) is 0. The van der Waals surface area contributed by atoms with Gasteiger partial charge in [0, 0.05) is 3.57 Å². The van der Waals surface area contributed by atoms with Crippen molar-refractivity contribution in [3.8, 4) is 5.75 Å². The second-order valence-electron chi connectivity index (χ2n) is 6.94. The molecular weight excluding hydrogens is 693 g/mol. The number of halogens is 3. The van der Waals surface area contributed by atoms with E-state index in [0.29, 0.717) is 6.61 Å². The number of carbonyl (C=O) groups is 1. The Morgan fingerprint density at radius 2 is 1.25 bits per heavy atom. The Kier molecular flexibility index (Phi) is 14.8. The molecule has 0 spiro atoms. The quantitative estimate of drug-likeness (QED) is 0.112. The minimum absolute atomic E-state index is 0.0228. The third-order valence-electron chi connectivity index (χ3n) is 4.66. The smallest absolute Gasteiger partial charge is 0.344 e. The van der Waals surface area contributed by atoms with Gasteiger partial charge < -0.3 is 9.47 Å². The van der Waals surface area contributed by atoms with Gasteiger partial charge in [-0.15, -0.1) is 0 Å². The molecule has 0 aromatic heterocycles. The number of hydrogen-bond acceptors (Lipinski definition) is 3. The molecule has 0 radical (unpaired) electrons. The highest BCUT2D eigenvalue weighted by Gasteiger charge is 2.21. The Labute approximate surface area is 211 Å². The molecule has 0 aliphatic heterocycles. The third kappa shape index (κ3) is 8.81. The van der Waals surface area contributed by atoms with E-state index in [2.05, 4.69) is 81.6 Å². The van der Waals surface area contributed by atoms with Gasteiger partial charge in [-0.25, -0.2) is 4.79 Å². The number of carbonyl (C=O) groups excluding carboxylic acids is 1. The summed E-state index contributed by atoms with van der Waals surface area (Å²) in [5, 5.41) is 0. The number of hydrogen-bond donors (Lipinski definition) is 0. The molecule has 0 unspecified atom stereocenters. The van der Waals surface area contributed by atoms with Crippen molar-refractivity contribution in [2.45, 2.75) is 85.0 Å². The molecular formula is C22H33I3O3. The Bertz CT molecular complexity index is 579. The lowest BCUT2D eigenvalue weighted by Gasteiger charge is -2.20. The maximum absolute atomic E-state index is 11.8. The van der Waals surface area contributed by atoms with Crippen LogP contribution in [0.3, 0.4) is 0 Å². The Morgan fingerprint density at radius 3 is 1.68 bits per heavy atom. The first-order valence-corrected chi connectivity index (χ1v) is 13.7. The molecule has 0 aliphatic rings. The predicted molar refractivity (Wildman–Crippen MR) is 142 cm³/mol. The third-order valence-corrected chi connectivity index (χ3v) is 8.24. The topological polar surface area (TPSA) is 35.5 Å². The van der Waals surface area contributed by atoms with Crippen molar-refractivity contribution < 1.29 is 14.3 Å². The summed E-state index contributed by atoms with van der Waals surface area (Å²) in [4.78, 5) is 11.8. The van der Waals surface area contributed by atoms with E-state index in [0.717, 1.165) is 25.7 Å². The Morgan fingerprint density at radius 1 is 0.750 bits per heavy atom. The summed E-state index contributed by atoms with van der Waals surface area (Å²) < 4.78 is 14.7. The SMILES string of the molecule is CCCCCCc1c(I)c(CCCCCC)c(I)c(OCC(=O)OCC)c1I. The molecule has 0 amide bonds. The van der Waals surface area contributed by atoms with Crippen molar-refractivity contribution in [2.75, 3.05) is 13.2 Å². The molecule has 3 nitrogen and oxygen atoms in total. The van der Waals surface area contributed by atoms with Crippen molar-refractivity contribution in [1.82, 2.24) is 0 Å². The second kappa shape index (κ2) is 15.5. The largest absolute Gasteiger partial charge is 0.480 e. The molecule has 0 saturated carbocycles. The molecule has 0 heterocycles. The van der Waals surface area contributed by atoms with Crippen LogP contribution in [-0.4, -0.2) is 19.2 Å². The van der Waals surface area contributed by atoms with Crippen LogP contribution in [0.5, 0.6) is 5.75 Å². The van der Waals surface area contributed by atoms with E-state index in [1.165, 1.54) is 66.1 Å². The number of rotatable bonds is 14. The molecule has 6 heteroatoms. The van der Waals surface area contributed by atoms with E-state index in [1.807, 2.05) is 6.92 Å². The van der Waals surface area contributed by atoms with Gasteiger partial charge in [-0.3, -0.25) is 0 Å². The van der Waals surface area contributed by atoms with Gasteiger partial charge in [-0.05, 0) is 112 Å². The molecule has 28 heavy (non-hydrogen) atoms. The zero-order valence-electron chi connectivity index (χ0n) is 17.3. The van der Waals surface area contributed by atoms with Gasteiger partial charge in [0.15, 0.2) is 6.61 Å². The zero-order chi connectivity index (χ0) is 20.9. The summed E-state index contributed by atoms with van der Waals surface area (Å²) in [5.41, 5.74) is 2.78. The molecule has 1 aromatic carbocycles. The van der Waals surface area contributed by atoms with Crippen molar-refractivity contribution in [2.24, 2.45) is 0 Å². The average molecular weight is 726 g/mol. The van der Waals surface area contributed by atoms with Crippen LogP contribution in [0, 0.1) is 10.7 Å². The lowest BCUT2D eigenvalue weighted by Crippen LogP contribution is -2.17. The fourth-order valence-corrected chi connectivity index (χ4v) is 7.66. The highest BCUT2D eigenvalue weighted by atomic mass is 127. The van der Waals surface area contributed by atoms with Gasteiger partial charge in [0.25, 0.3) is 0 Å². The van der Waals surface area contributed by atoms with E-state index < -0.39 is 0 Å². The number of benzene rings is 1. The normalized spacial score (nSPS) is 10.9. The number of ether oxygens (including phenoxy) is 2. The van der Waals surface area contributed by atoms with Crippen molar-refractivity contribution >= 4 is 73.7 Å². The van der Waals surface area contributed by atoms with Gasteiger partial charge in [-0.2, -0.15) is 0 Å². The molecule has 0 saturated heterocycles. The van der Waals surface area contributed by atoms with Crippen LogP contribution in [-0.2, 0) is 22.4 Å². The van der Waals surface area contributed by atoms with Crippen LogP contribution in [0.1, 0.15) is 83.3 Å². The molecule has 1 aromatic rings. The fraction of sp³-hybridized carbons (Fsp3) is 0.682. The van der Waals surface area contributed by atoms with Gasteiger partial charge in [0.2, 0.25) is 0 Å². The minimum atomic E-state index is -0.304. The van der Waals surface area contributed by atoms with E-state index >= 15 is 0 Å². The standard InChI is InChI=1S/C22H33I3O3/c1-4-7-9-11-13-16-19(23)17(14-12-10-8-5-2)21(25)22(20(16)24)28-15-18(26)27-6-3/h4-15H2,1-3H3. The maximum Gasteiger partial charge on any atom is 0.344 e. The van der Waals surface area contributed by atoms with E-state index in [-0.39, 0.29) is 12.6 Å². The average Bonchev–Trinajstić information content (AvgIpc) is 2.67. The lowest BCUT2D eigenvalue weighted by atomic mass is 10.00. The fourth-order valence-electron chi connectivity index (χ4n) is 3.10. The molecule has 0 bridgehead atoms. The monoisotopic (exact) mass is 726 g/mol. The summed E-state index contributed by atoms with van der Waals surface area (Å²) in [6.45, 7) is 6.67. The number of unbranched alkanes of at least 4 members (excludes halogenated alkanes) is 6. The summed E-state index contributed by atoms with van der Waals surface area (Å²) in [6, 6.07) is 0. The van der Waals surface area contributed by atoms with Crippen LogP contribution in [0.4, 0.5) is 0 Å². The van der Waals surface area contributed by atoms with Gasteiger partial charge in [0.05, 0.1) is 13.7 Å². The Hall–Kier alpha value is 0.680. The van der Waals surface area contributed by atoms with Crippen LogP contribution >= 0.6 is 67.8 Å². The highest BCUT2D eigenvalue weighted by molar-refractivity contribution is 14.1. The number of esters is 1. The zero-order valence-corrected chi connectivity index (χ0v) is 23.8. The molecule has 160 valence electrons. The van der Waals surface area contributed by atoms with Crippen molar-refractivity contribution in [1.29, 1.82) is 0 Å². The molecule has 0 aliphatic carbocycles. The van der Waals surface area contributed by atoms with Crippen LogP contribution in [0.2, 0.25) is 0 Å². The summed E-state index contributed by atoms with van der Waals surface area (Å²) in [5.74, 6) is 0.562. The minimum Gasteiger partial charge on any atom is -0.480 e. The maximum atomic E-state index is 11.8. The first kappa shape index (κ1) is 26.7. The molecule has 0 N–H and O–H groups in total. The van der Waals surface area contributed by atoms with E-state index in [4.69, 9.17) is 9.47 Å². The van der Waals surface area contributed by atoms with E-state index in [9.17, 15) is 4.79 Å². The highest BCUT2D eigenvalue weighted by Crippen LogP contribution is 2.38. The second-order valence-corrected chi connectivity index (χ2v) is 10.2. The van der Waals surface area contributed by atoms with Gasteiger partial charge in [-0.1, -0.05) is 52.4 Å². The Balaban J connectivity index is 3.10. The molecule has 0 atom stereocenters. The predicted octanol–water partition coefficient (Wildman–Crippen LogP) is 7.69.